The van der Waals surface area contributed by atoms with Crippen LogP contribution >= 0.6 is 11.6 Å². The molecule has 1 aliphatic rings. The summed E-state index contributed by atoms with van der Waals surface area (Å²) < 4.78 is 19.3. The van der Waals surface area contributed by atoms with E-state index < -0.39 is 5.82 Å². The topological polar surface area (TPSA) is 45.5 Å². The average Bonchev–Trinajstić information content (AvgIpc) is 3.25. The lowest BCUT2D eigenvalue weighted by Crippen LogP contribution is -2.37. The second-order valence-electron chi connectivity index (χ2n) is 5.96. The fourth-order valence-electron chi connectivity index (χ4n) is 3.08. The Hall–Kier alpha value is -1.85. The van der Waals surface area contributed by atoms with E-state index in [-0.39, 0.29) is 29.0 Å². The minimum absolute atomic E-state index is 0.00235. The van der Waals surface area contributed by atoms with Crippen molar-refractivity contribution < 1.29 is 13.6 Å². The van der Waals surface area contributed by atoms with E-state index in [9.17, 15) is 9.18 Å². The van der Waals surface area contributed by atoms with Crippen molar-refractivity contribution in [1.82, 2.24) is 10.2 Å². The van der Waals surface area contributed by atoms with Crippen molar-refractivity contribution in [3.8, 4) is 0 Å². The number of likely N-dealkylation sites (tertiary alicyclic amines) is 1. The van der Waals surface area contributed by atoms with Gasteiger partial charge in [-0.05, 0) is 50.2 Å². The Labute approximate surface area is 145 Å². The van der Waals surface area contributed by atoms with E-state index in [2.05, 4.69) is 10.2 Å². The monoisotopic (exact) mass is 350 g/mol. The third-order valence-electron chi connectivity index (χ3n) is 4.34. The first-order valence-corrected chi connectivity index (χ1v) is 8.50. The summed E-state index contributed by atoms with van der Waals surface area (Å²) in [6.45, 7) is 2.40. The minimum Gasteiger partial charge on any atom is -0.468 e. The summed E-state index contributed by atoms with van der Waals surface area (Å²) in [5, 5.41) is 3.16. The zero-order valence-corrected chi connectivity index (χ0v) is 14.1. The zero-order valence-electron chi connectivity index (χ0n) is 13.3. The Morgan fingerprint density at radius 2 is 2.08 bits per heavy atom. The molecule has 0 aliphatic carbocycles. The Morgan fingerprint density at radius 1 is 1.29 bits per heavy atom. The second-order valence-corrected chi connectivity index (χ2v) is 6.36. The fraction of sp³-hybridized carbons (Fsp3) is 0.389. The van der Waals surface area contributed by atoms with Crippen LogP contribution in [-0.2, 0) is 11.2 Å². The van der Waals surface area contributed by atoms with Gasteiger partial charge in [0.1, 0.15) is 11.6 Å². The van der Waals surface area contributed by atoms with E-state index in [1.165, 1.54) is 12.1 Å². The number of nitrogens with one attached hydrogen (secondary N) is 1. The third kappa shape index (κ3) is 3.97. The molecule has 1 atom stereocenters. The molecule has 0 bridgehead atoms. The van der Waals surface area contributed by atoms with Crippen LogP contribution in [0.15, 0.2) is 41.0 Å². The highest BCUT2D eigenvalue weighted by molar-refractivity contribution is 6.31. The van der Waals surface area contributed by atoms with Gasteiger partial charge in [0.2, 0.25) is 5.91 Å². The van der Waals surface area contributed by atoms with Crippen molar-refractivity contribution >= 4 is 17.5 Å². The Bertz CT molecular complexity index is 664. The van der Waals surface area contributed by atoms with Gasteiger partial charge in [-0.3, -0.25) is 9.69 Å². The molecule has 2 heterocycles. The number of hydrogen-bond acceptors (Lipinski definition) is 3. The van der Waals surface area contributed by atoms with Crippen molar-refractivity contribution in [3.05, 3.63) is 58.8 Å². The molecule has 1 aromatic heterocycles. The van der Waals surface area contributed by atoms with Crippen LogP contribution in [0, 0.1) is 5.82 Å². The first kappa shape index (κ1) is 17.0. The standard InChI is InChI=1S/C18H20ClFN2O2/c19-14-5-3-6-15(20)13(14)11-18(23)21-12-16(17-7-4-10-24-17)22-8-1-2-9-22/h3-7,10,16H,1-2,8-9,11-12H2,(H,21,23). The fourth-order valence-corrected chi connectivity index (χ4v) is 3.31. The molecule has 1 N–H and O–H groups in total. The SMILES string of the molecule is O=C(Cc1c(F)cccc1Cl)NCC(c1ccco1)N1CCCC1. The van der Waals surface area contributed by atoms with Crippen LogP contribution in [0.25, 0.3) is 0 Å². The van der Waals surface area contributed by atoms with Gasteiger partial charge < -0.3 is 9.73 Å². The summed E-state index contributed by atoms with van der Waals surface area (Å²) in [7, 11) is 0. The van der Waals surface area contributed by atoms with E-state index in [1.807, 2.05) is 12.1 Å². The maximum absolute atomic E-state index is 13.8. The van der Waals surface area contributed by atoms with E-state index >= 15 is 0 Å². The van der Waals surface area contributed by atoms with Gasteiger partial charge in [0, 0.05) is 17.1 Å². The molecule has 0 saturated carbocycles. The molecule has 3 rings (SSSR count). The summed E-state index contributed by atoms with van der Waals surface area (Å²) in [4.78, 5) is 14.5. The van der Waals surface area contributed by atoms with Crippen molar-refractivity contribution in [2.45, 2.75) is 25.3 Å². The summed E-state index contributed by atoms with van der Waals surface area (Å²) in [5.41, 5.74) is 0.229. The lowest BCUT2D eigenvalue weighted by atomic mass is 10.1. The molecule has 2 aromatic rings. The smallest absolute Gasteiger partial charge is 0.224 e. The molecular formula is C18H20ClFN2O2. The van der Waals surface area contributed by atoms with Crippen molar-refractivity contribution in [3.63, 3.8) is 0 Å². The largest absolute Gasteiger partial charge is 0.468 e. The van der Waals surface area contributed by atoms with Crippen LogP contribution in [0.4, 0.5) is 4.39 Å². The number of benzene rings is 1. The molecule has 1 saturated heterocycles. The first-order chi connectivity index (χ1) is 11.6. The van der Waals surface area contributed by atoms with Gasteiger partial charge in [-0.25, -0.2) is 4.39 Å². The summed E-state index contributed by atoms with van der Waals surface area (Å²) in [5.74, 6) is 0.124. The molecular weight excluding hydrogens is 331 g/mol. The van der Waals surface area contributed by atoms with E-state index in [0.29, 0.717) is 6.54 Å². The highest BCUT2D eigenvalue weighted by Crippen LogP contribution is 2.25. The number of furan rings is 1. The molecule has 1 fully saturated rings. The molecule has 0 spiro atoms. The molecule has 6 heteroatoms. The molecule has 1 unspecified atom stereocenters. The normalized spacial score (nSPS) is 16.2. The summed E-state index contributed by atoms with van der Waals surface area (Å²) in [6, 6.07) is 8.19. The average molecular weight is 351 g/mol. The number of carbonyl (C=O) groups excluding carboxylic acids is 1. The Morgan fingerprint density at radius 3 is 2.75 bits per heavy atom. The van der Waals surface area contributed by atoms with Gasteiger partial charge in [-0.15, -0.1) is 0 Å². The van der Waals surface area contributed by atoms with Crippen molar-refractivity contribution in [1.29, 1.82) is 0 Å². The third-order valence-corrected chi connectivity index (χ3v) is 4.70. The quantitative estimate of drug-likeness (QED) is 0.866. The van der Waals surface area contributed by atoms with Gasteiger partial charge in [0.05, 0.1) is 18.7 Å². The van der Waals surface area contributed by atoms with Crippen molar-refractivity contribution in [2.24, 2.45) is 0 Å². The predicted molar refractivity (Wildman–Crippen MR) is 90.4 cm³/mol. The van der Waals surface area contributed by atoms with E-state index in [1.54, 1.807) is 12.3 Å². The number of nitrogens with zero attached hydrogens (tertiary/aromatic N) is 1. The van der Waals surface area contributed by atoms with E-state index in [4.69, 9.17) is 16.0 Å². The minimum atomic E-state index is -0.459. The lowest BCUT2D eigenvalue weighted by Gasteiger charge is -2.26. The lowest BCUT2D eigenvalue weighted by molar-refractivity contribution is -0.120. The number of halogens is 2. The molecule has 1 amide bonds. The number of carbonyl (C=O) groups is 1. The molecule has 4 nitrogen and oxygen atoms in total. The van der Waals surface area contributed by atoms with Crippen LogP contribution in [0.5, 0.6) is 0 Å². The predicted octanol–water partition coefficient (Wildman–Crippen LogP) is 3.57. The molecule has 128 valence electrons. The number of hydrogen-bond donors (Lipinski definition) is 1. The second kappa shape index (κ2) is 7.81. The molecule has 1 aromatic carbocycles. The van der Waals surface area contributed by atoms with Crippen molar-refractivity contribution in [2.75, 3.05) is 19.6 Å². The van der Waals surface area contributed by atoms with Crippen LogP contribution in [0.1, 0.15) is 30.2 Å². The van der Waals surface area contributed by atoms with Crippen LogP contribution < -0.4 is 5.32 Å². The first-order valence-electron chi connectivity index (χ1n) is 8.12. The van der Waals surface area contributed by atoms with Gasteiger partial charge in [0.15, 0.2) is 0 Å². The highest BCUT2D eigenvalue weighted by atomic mass is 35.5. The van der Waals surface area contributed by atoms with Gasteiger partial charge in [-0.2, -0.15) is 0 Å². The van der Waals surface area contributed by atoms with Gasteiger partial charge >= 0.3 is 0 Å². The summed E-state index contributed by atoms with van der Waals surface area (Å²) in [6.07, 6.45) is 3.86. The van der Waals surface area contributed by atoms with Crippen LogP contribution in [0.2, 0.25) is 5.02 Å². The van der Waals surface area contributed by atoms with Gasteiger partial charge in [0.25, 0.3) is 0 Å². The number of amides is 1. The molecule has 24 heavy (non-hydrogen) atoms. The number of rotatable bonds is 6. The summed E-state index contributed by atoms with van der Waals surface area (Å²) >= 11 is 5.98. The Kier molecular flexibility index (Phi) is 5.53. The molecule has 0 radical (unpaired) electrons. The zero-order chi connectivity index (χ0) is 16.9. The maximum atomic E-state index is 13.8. The molecule has 1 aliphatic heterocycles. The Balaban J connectivity index is 1.63. The maximum Gasteiger partial charge on any atom is 0.224 e. The van der Waals surface area contributed by atoms with Gasteiger partial charge in [-0.1, -0.05) is 17.7 Å². The van der Waals surface area contributed by atoms with Crippen LogP contribution in [-0.4, -0.2) is 30.4 Å². The van der Waals surface area contributed by atoms with E-state index in [0.717, 1.165) is 31.7 Å². The van der Waals surface area contributed by atoms with Crippen LogP contribution in [0.3, 0.4) is 0 Å². The highest BCUT2D eigenvalue weighted by Gasteiger charge is 2.26.